The zero-order valence-electron chi connectivity index (χ0n) is 13.3. The highest BCUT2D eigenvalue weighted by atomic mass is 16.2. The molecule has 1 aliphatic rings. The minimum atomic E-state index is -0.532. The van der Waals surface area contributed by atoms with Crippen molar-refractivity contribution in [2.45, 2.75) is 18.9 Å². The highest BCUT2D eigenvalue weighted by molar-refractivity contribution is 5.98. The molecule has 3 rings (SSSR count). The van der Waals surface area contributed by atoms with E-state index in [1.807, 2.05) is 42.5 Å². The predicted molar refractivity (Wildman–Crippen MR) is 91.5 cm³/mol. The first-order chi connectivity index (χ1) is 11.7. The quantitative estimate of drug-likeness (QED) is 0.763. The van der Waals surface area contributed by atoms with E-state index in [-0.39, 0.29) is 18.4 Å². The molecule has 0 bridgehead atoms. The molecular formula is C18H20N4O2. The molecule has 3 N–H and O–H groups in total. The van der Waals surface area contributed by atoms with Gasteiger partial charge in [0.05, 0.1) is 6.54 Å². The van der Waals surface area contributed by atoms with Gasteiger partial charge in [0, 0.05) is 24.1 Å². The molecule has 2 heterocycles. The van der Waals surface area contributed by atoms with Gasteiger partial charge in [-0.1, -0.05) is 18.2 Å². The number of aryl methyl sites for hydroxylation is 2. The summed E-state index contributed by atoms with van der Waals surface area (Å²) < 4.78 is 0. The topological polar surface area (TPSA) is 83.1 Å². The van der Waals surface area contributed by atoms with Gasteiger partial charge in [0.15, 0.2) is 0 Å². The molecule has 1 fully saturated rings. The zero-order valence-corrected chi connectivity index (χ0v) is 13.3. The molecule has 24 heavy (non-hydrogen) atoms. The van der Waals surface area contributed by atoms with Gasteiger partial charge in [-0.15, -0.1) is 0 Å². The van der Waals surface area contributed by atoms with Crippen molar-refractivity contribution >= 4 is 17.5 Å². The van der Waals surface area contributed by atoms with Gasteiger partial charge in [-0.3, -0.25) is 14.6 Å². The summed E-state index contributed by atoms with van der Waals surface area (Å²) in [6, 6.07) is 13.1. The van der Waals surface area contributed by atoms with Crippen LogP contribution in [0.15, 0.2) is 48.7 Å². The second kappa shape index (κ2) is 7.70. The Morgan fingerprint density at radius 1 is 1.17 bits per heavy atom. The first-order valence-electron chi connectivity index (χ1n) is 8.00. The fourth-order valence-electron chi connectivity index (χ4n) is 2.59. The normalized spacial score (nSPS) is 17.2. The van der Waals surface area contributed by atoms with Crippen molar-refractivity contribution in [2.75, 3.05) is 18.4 Å². The lowest BCUT2D eigenvalue weighted by Crippen LogP contribution is -2.57. The highest BCUT2D eigenvalue weighted by Crippen LogP contribution is 2.12. The van der Waals surface area contributed by atoms with Crippen LogP contribution < -0.4 is 16.0 Å². The number of pyridine rings is 1. The fourth-order valence-corrected chi connectivity index (χ4v) is 2.59. The minimum absolute atomic E-state index is 0.161. The van der Waals surface area contributed by atoms with Crippen molar-refractivity contribution in [3.63, 3.8) is 0 Å². The fraction of sp³-hybridized carbons (Fsp3) is 0.278. The van der Waals surface area contributed by atoms with Gasteiger partial charge in [0.1, 0.15) is 6.04 Å². The van der Waals surface area contributed by atoms with Crippen LogP contribution >= 0.6 is 0 Å². The van der Waals surface area contributed by atoms with Crippen LogP contribution in [0.25, 0.3) is 0 Å². The number of aromatic nitrogens is 1. The SMILES string of the molecule is O=C1CNC[C@@H](C(=O)Nc2ccc(CCc3ccccn3)cc2)N1. The van der Waals surface area contributed by atoms with Crippen LogP contribution in [-0.2, 0) is 22.4 Å². The van der Waals surface area contributed by atoms with E-state index in [9.17, 15) is 9.59 Å². The summed E-state index contributed by atoms with van der Waals surface area (Å²) in [4.78, 5) is 27.8. The van der Waals surface area contributed by atoms with E-state index in [4.69, 9.17) is 0 Å². The van der Waals surface area contributed by atoms with E-state index >= 15 is 0 Å². The van der Waals surface area contributed by atoms with Crippen LogP contribution in [-0.4, -0.2) is 35.9 Å². The molecule has 6 heteroatoms. The number of nitrogens with zero attached hydrogens (tertiary/aromatic N) is 1. The predicted octanol–water partition coefficient (Wildman–Crippen LogP) is 0.893. The number of rotatable bonds is 5. The van der Waals surface area contributed by atoms with Gasteiger partial charge in [0.25, 0.3) is 0 Å². The molecule has 0 aliphatic carbocycles. The van der Waals surface area contributed by atoms with Crippen LogP contribution in [0.5, 0.6) is 0 Å². The molecule has 1 aliphatic heterocycles. The largest absolute Gasteiger partial charge is 0.342 e. The third kappa shape index (κ3) is 4.39. The lowest BCUT2D eigenvalue weighted by atomic mass is 10.1. The van der Waals surface area contributed by atoms with Gasteiger partial charge in [-0.25, -0.2) is 0 Å². The summed E-state index contributed by atoms with van der Waals surface area (Å²) in [6.07, 6.45) is 3.58. The number of anilines is 1. The van der Waals surface area contributed by atoms with E-state index in [0.717, 1.165) is 24.2 Å². The van der Waals surface area contributed by atoms with Gasteiger partial charge in [-0.2, -0.15) is 0 Å². The van der Waals surface area contributed by atoms with Crippen molar-refractivity contribution in [1.29, 1.82) is 0 Å². The van der Waals surface area contributed by atoms with Crippen LogP contribution in [0, 0.1) is 0 Å². The molecule has 2 aromatic rings. The van der Waals surface area contributed by atoms with Gasteiger partial charge < -0.3 is 16.0 Å². The Kier molecular flexibility index (Phi) is 5.18. The van der Waals surface area contributed by atoms with E-state index in [1.165, 1.54) is 5.56 Å². The summed E-state index contributed by atoms with van der Waals surface area (Å²) in [6.45, 7) is 0.703. The van der Waals surface area contributed by atoms with Crippen molar-refractivity contribution in [1.82, 2.24) is 15.6 Å². The number of hydrogen-bond acceptors (Lipinski definition) is 4. The number of amides is 2. The third-order valence-electron chi connectivity index (χ3n) is 3.90. The number of carbonyl (C=O) groups excluding carboxylic acids is 2. The third-order valence-corrected chi connectivity index (χ3v) is 3.90. The van der Waals surface area contributed by atoms with Crippen LogP contribution in [0.1, 0.15) is 11.3 Å². The maximum atomic E-state index is 12.1. The summed E-state index contributed by atoms with van der Waals surface area (Å²) in [5, 5.41) is 8.41. The molecule has 6 nitrogen and oxygen atoms in total. The summed E-state index contributed by atoms with van der Waals surface area (Å²) >= 11 is 0. The monoisotopic (exact) mass is 324 g/mol. The molecule has 0 spiro atoms. The Labute approximate surface area is 140 Å². The average molecular weight is 324 g/mol. The molecule has 0 saturated carbocycles. The number of carbonyl (C=O) groups is 2. The Balaban J connectivity index is 1.52. The number of benzene rings is 1. The molecule has 1 aromatic heterocycles. The second-order valence-electron chi connectivity index (χ2n) is 5.76. The summed E-state index contributed by atoms with van der Waals surface area (Å²) in [5.74, 6) is -0.372. The smallest absolute Gasteiger partial charge is 0.248 e. The highest BCUT2D eigenvalue weighted by Gasteiger charge is 2.24. The maximum Gasteiger partial charge on any atom is 0.248 e. The maximum absolute atomic E-state index is 12.1. The second-order valence-corrected chi connectivity index (χ2v) is 5.76. The number of piperazine rings is 1. The van der Waals surface area contributed by atoms with E-state index in [2.05, 4.69) is 20.9 Å². The van der Waals surface area contributed by atoms with Gasteiger partial charge in [-0.05, 0) is 42.7 Å². The van der Waals surface area contributed by atoms with Crippen molar-refractivity contribution in [2.24, 2.45) is 0 Å². The van der Waals surface area contributed by atoms with Gasteiger partial charge >= 0.3 is 0 Å². The Bertz CT molecular complexity index is 701. The van der Waals surface area contributed by atoms with Crippen molar-refractivity contribution < 1.29 is 9.59 Å². The first kappa shape index (κ1) is 16.1. The van der Waals surface area contributed by atoms with Crippen molar-refractivity contribution in [3.8, 4) is 0 Å². The van der Waals surface area contributed by atoms with Crippen LogP contribution in [0.4, 0.5) is 5.69 Å². The Morgan fingerprint density at radius 2 is 2.00 bits per heavy atom. The van der Waals surface area contributed by atoms with E-state index in [0.29, 0.717) is 6.54 Å². The molecule has 124 valence electrons. The van der Waals surface area contributed by atoms with Crippen LogP contribution in [0.3, 0.4) is 0 Å². The number of hydrogen-bond donors (Lipinski definition) is 3. The van der Waals surface area contributed by atoms with Crippen molar-refractivity contribution in [3.05, 3.63) is 59.9 Å². The van der Waals surface area contributed by atoms with Gasteiger partial charge in [0.2, 0.25) is 11.8 Å². The van der Waals surface area contributed by atoms with E-state index in [1.54, 1.807) is 6.20 Å². The zero-order chi connectivity index (χ0) is 16.8. The Morgan fingerprint density at radius 3 is 2.71 bits per heavy atom. The lowest BCUT2D eigenvalue weighted by molar-refractivity contribution is -0.127. The molecular weight excluding hydrogens is 304 g/mol. The Hall–Kier alpha value is -2.73. The number of nitrogens with one attached hydrogen (secondary N) is 3. The molecule has 0 unspecified atom stereocenters. The molecule has 2 amide bonds. The molecule has 1 aromatic carbocycles. The standard InChI is InChI=1S/C18H20N4O2/c23-17-12-19-11-16(22-17)18(24)21-15-8-5-13(6-9-15)4-7-14-3-1-2-10-20-14/h1-3,5-6,8-10,16,19H,4,7,11-12H2,(H,21,24)(H,22,23)/t16-/m0/s1. The van der Waals surface area contributed by atoms with Crippen LogP contribution in [0.2, 0.25) is 0 Å². The minimum Gasteiger partial charge on any atom is -0.342 e. The average Bonchev–Trinajstić information content (AvgIpc) is 2.62. The first-order valence-corrected chi connectivity index (χ1v) is 8.00. The summed E-state index contributed by atoms with van der Waals surface area (Å²) in [7, 11) is 0. The molecule has 1 atom stereocenters. The summed E-state index contributed by atoms with van der Waals surface area (Å²) in [5.41, 5.74) is 2.98. The van der Waals surface area contributed by atoms with E-state index < -0.39 is 6.04 Å². The molecule has 0 radical (unpaired) electrons. The molecule has 1 saturated heterocycles. The lowest BCUT2D eigenvalue weighted by Gasteiger charge is -2.23.